The quantitative estimate of drug-likeness (QED) is 0.922. The standard InChI is InChI=1S/C21H28N2O2/c1-4-23-15(2)14-19(16(23)3)21(25)22-12-10-18(11-13-22)20(24)17-8-6-5-7-9-17/h5-9,14,18,20,24H,4,10-13H2,1-3H3/t20-/m1/s1. The first-order valence-corrected chi connectivity index (χ1v) is 9.22. The summed E-state index contributed by atoms with van der Waals surface area (Å²) in [7, 11) is 0. The topological polar surface area (TPSA) is 45.5 Å². The van der Waals surface area contributed by atoms with Crippen molar-refractivity contribution in [2.24, 2.45) is 5.92 Å². The Balaban J connectivity index is 1.65. The van der Waals surface area contributed by atoms with Crippen LogP contribution in [0.5, 0.6) is 0 Å². The molecule has 0 unspecified atom stereocenters. The van der Waals surface area contributed by atoms with E-state index >= 15 is 0 Å². The average molecular weight is 340 g/mol. The average Bonchev–Trinajstić information content (AvgIpc) is 2.95. The van der Waals surface area contributed by atoms with Crippen LogP contribution in [0.25, 0.3) is 0 Å². The lowest BCUT2D eigenvalue weighted by Gasteiger charge is -2.34. The second-order valence-electron chi connectivity index (χ2n) is 7.01. The summed E-state index contributed by atoms with van der Waals surface area (Å²) in [5.74, 6) is 0.343. The highest BCUT2D eigenvalue weighted by molar-refractivity contribution is 5.95. The molecule has 1 aromatic carbocycles. The molecule has 0 aliphatic carbocycles. The van der Waals surface area contributed by atoms with Crippen LogP contribution in [0, 0.1) is 19.8 Å². The Morgan fingerprint density at radius 3 is 2.40 bits per heavy atom. The van der Waals surface area contributed by atoms with Crippen molar-refractivity contribution in [1.29, 1.82) is 0 Å². The molecule has 1 aliphatic rings. The number of carbonyl (C=O) groups excluding carboxylic acids is 1. The van der Waals surface area contributed by atoms with Crippen molar-refractivity contribution in [2.45, 2.75) is 46.3 Å². The van der Waals surface area contributed by atoms with E-state index in [0.717, 1.165) is 41.9 Å². The molecule has 2 heterocycles. The first-order chi connectivity index (χ1) is 12.0. The number of benzene rings is 1. The van der Waals surface area contributed by atoms with Gasteiger partial charge in [0.2, 0.25) is 0 Å². The molecular formula is C21H28N2O2. The van der Waals surface area contributed by atoms with Gasteiger partial charge in [-0.25, -0.2) is 0 Å². The van der Waals surface area contributed by atoms with Crippen LogP contribution in [0.3, 0.4) is 0 Å². The van der Waals surface area contributed by atoms with Crippen molar-refractivity contribution in [3.63, 3.8) is 0 Å². The van der Waals surface area contributed by atoms with Gasteiger partial charge in [0.25, 0.3) is 5.91 Å². The molecule has 0 spiro atoms. The minimum absolute atomic E-state index is 0.125. The van der Waals surface area contributed by atoms with E-state index in [-0.39, 0.29) is 11.8 Å². The minimum atomic E-state index is -0.441. The number of aliphatic hydroxyl groups is 1. The number of hydrogen-bond donors (Lipinski definition) is 1. The Hall–Kier alpha value is -2.07. The highest BCUT2D eigenvalue weighted by atomic mass is 16.3. The second kappa shape index (κ2) is 7.44. The van der Waals surface area contributed by atoms with E-state index in [0.29, 0.717) is 13.1 Å². The van der Waals surface area contributed by atoms with Crippen LogP contribution in [0.15, 0.2) is 36.4 Å². The Morgan fingerprint density at radius 2 is 1.84 bits per heavy atom. The molecule has 1 saturated heterocycles. The van der Waals surface area contributed by atoms with Crippen LogP contribution in [0.4, 0.5) is 0 Å². The number of hydrogen-bond acceptors (Lipinski definition) is 2. The van der Waals surface area contributed by atoms with Crippen molar-refractivity contribution < 1.29 is 9.90 Å². The molecule has 3 rings (SSSR count). The molecule has 1 atom stereocenters. The Labute approximate surface area is 150 Å². The van der Waals surface area contributed by atoms with Crippen molar-refractivity contribution in [3.05, 3.63) is 58.9 Å². The molecule has 4 nitrogen and oxygen atoms in total. The molecule has 1 amide bonds. The molecule has 0 saturated carbocycles. The van der Waals surface area contributed by atoms with E-state index in [1.807, 2.05) is 48.2 Å². The van der Waals surface area contributed by atoms with Gasteiger partial charge in [-0.2, -0.15) is 0 Å². The number of nitrogens with zero attached hydrogens (tertiary/aromatic N) is 2. The van der Waals surface area contributed by atoms with E-state index in [1.165, 1.54) is 0 Å². The van der Waals surface area contributed by atoms with Gasteiger partial charge in [-0.1, -0.05) is 30.3 Å². The molecular weight excluding hydrogens is 312 g/mol. The number of piperidine rings is 1. The number of aromatic nitrogens is 1. The molecule has 0 radical (unpaired) electrons. The first kappa shape index (κ1) is 17.7. The van der Waals surface area contributed by atoms with Crippen molar-refractivity contribution >= 4 is 5.91 Å². The summed E-state index contributed by atoms with van der Waals surface area (Å²) in [6.45, 7) is 8.48. The third kappa shape index (κ3) is 3.49. The van der Waals surface area contributed by atoms with Crippen LogP contribution >= 0.6 is 0 Å². The molecule has 1 aromatic heterocycles. The molecule has 1 fully saturated rings. The predicted octanol–water partition coefficient (Wildman–Crippen LogP) is 3.71. The maximum Gasteiger partial charge on any atom is 0.255 e. The van der Waals surface area contributed by atoms with Gasteiger partial charge in [0.15, 0.2) is 0 Å². The number of amides is 1. The lowest BCUT2D eigenvalue weighted by Crippen LogP contribution is -2.40. The third-order valence-electron chi connectivity index (χ3n) is 5.53. The molecule has 2 aromatic rings. The number of aryl methyl sites for hydroxylation is 1. The second-order valence-corrected chi connectivity index (χ2v) is 7.01. The van der Waals surface area contributed by atoms with Crippen LogP contribution in [-0.4, -0.2) is 33.6 Å². The lowest BCUT2D eigenvalue weighted by atomic mass is 9.87. The van der Waals surface area contributed by atoms with Crippen LogP contribution in [-0.2, 0) is 6.54 Å². The molecule has 0 bridgehead atoms. The molecule has 25 heavy (non-hydrogen) atoms. The lowest BCUT2D eigenvalue weighted by molar-refractivity contribution is 0.0462. The molecule has 1 aliphatic heterocycles. The van der Waals surface area contributed by atoms with Crippen molar-refractivity contribution in [2.75, 3.05) is 13.1 Å². The Bertz CT molecular complexity index is 728. The van der Waals surface area contributed by atoms with Crippen LogP contribution in [0.2, 0.25) is 0 Å². The fourth-order valence-electron chi connectivity index (χ4n) is 4.02. The Kier molecular flexibility index (Phi) is 5.28. The van der Waals surface area contributed by atoms with E-state index in [4.69, 9.17) is 0 Å². The van der Waals surface area contributed by atoms with Gasteiger partial charge in [-0.05, 0) is 51.2 Å². The number of likely N-dealkylation sites (tertiary alicyclic amines) is 1. The van der Waals surface area contributed by atoms with Gasteiger partial charge in [-0.3, -0.25) is 4.79 Å². The van der Waals surface area contributed by atoms with E-state index in [1.54, 1.807) is 0 Å². The number of aliphatic hydroxyl groups excluding tert-OH is 1. The highest BCUT2D eigenvalue weighted by Crippen LogP contribution is 2.31. The SMILES string of the molecule is CCn1c(C)cc(C(=O)N2CCC([C@H](O)c3ccccc3)CC2)c1C. The van der Waals surface area contributed by atoms with Gasteiger partial charge in [-0.15, -0.1) is 0 Å². The summed E-state index contributed by atoms with van der Waals surface area (Å²) >= 11 is 0. The zero-order valence-electron chi connectivity index (χ0n) is 15.4. The summed E-state index contributed by atoms with van der Waals surface area (Å²) in [6.07, 6.45) is 1.24. The fourth-order valence-corrected chi connectivity index (χ4v) is 4.02. The van der Waals surface area contributed by atoms with E-state index < -0.39 is 6.10 Å². The summed E-state index contributed by atoms with van der Waals surface area (Å²) in [5, 5.41) is 10.6. The molecule has 4 heteroatoms. The summed E-state index contributed by atoms with van der Waals surface area (Å²) in [4.78, 5) is 14.8. The van der Waals surface area contributed by atoms with E-state index in [9.17, 15) is 9.90 Å². The normalized spacial score (nSPS) is 16.9. The van der Waals surface area contributed by atoms with Crippen molar-refractivity contribution in [1.82, 2.24) is 9.47 Å². The number of rotatable bonds is 4. The zero-order chi connectivity index (χ0) is 18.0. The summed E-state index contributed by atoms with van der Waals surface area (Å²) in [5.41, 5.74) is 3.98. The minimum Gasteiger partial charge on any atom is -0.388 e. The Morgan fingerprint density at radius 1 is 1.20 bits per heavy atom. The zero-order valence-corrected chi connectivity index (χ0v) is 15.4. The van der Waals surface area contributed by atoms with Crippen LogP contribution in [0.1, 0.15) is 53.2 Å². The smallest absolute Gasteiger partial charge is 0.255 e. The van der Waals surface area contributed by atoms with Gasteiger partial charge in [0.05, 0.1) is 11.7 Å². The molecule has 1 N–H and O–H groups in total. The largest absolute Gasteiger partial charge is 0.388 e. The van der Waals surface area contributed by atoms with Crippen molar-refractivity contribution in [3.8, 4) is 0 Å². The monoisotopic (exact) mass is 340 g/mol. The highest BCUT2D eigenvalue weighted by Gasteiger charge is 2.29. The van der Waals surface area contributed by atoms with Crippen LogP contribution < -0.4 is 0 Å². The van der Waals surface area contributed by atoms with Gasteiger partial charge < -0.3 is 14.6 Å². The summed E-state index contributed by atoms with van der Waals surface area (Å²) < 4.78 is 2.18. The first-order valence-electron chi connectivity index (χ1n) is 9.22. The van der Waals surface area contributed by atoms with Gasteiger partial charge in [0.1, 0.15) is 0 Å². The number of carbonyl (C=O) groups is 1. The predicted molar refractivity (Wildman–Crippen MR) is 99.6 cm³/mol. The molecule has 134 valence electrons. The van der Waals surface area contributed by atoms with Gasteiger partial charge in [0, 0.05) is 31.0 Å². The summed E-state index contributed by atoms with van der Waals surface area (Å²) in [6, 6.07) is 11.8. The van der Waals surface area contributed by atoms with Gasteiger partial charge >= 0.3 is 0 Å². The third-order valence-corrected chi connectivity index (χ3v) is 5.53. The fraction of sp³-hybridized carbons (Fsp3) is 0.476. The maximum atomic E-state index is 12.9. The van der Waals surface area contributed by atoms with E-state index in [2.05, 4.69) is 18.4 Å². The maximum absolute atomic E-state index is 12.9.